The van der Waals surface area contributed by atoms with Crippen molar-refractivity contribution in [3.63, 3.8) is 0 Å². The maximum absolute atomic E-state index is 5.31. The summed E-state index contributed by atoms with van der Waals surface area (Å²) >= 11 is 1.58. The zero-order valence-corrected chi connectivity index (χ0v) is 13.8. The molecule has 4 heteroatoms. The molecule has 1 fully saturated rings. The fraction of sp³-hybridized carbons (Fsp3) is 0.316. The molecule has 0 radical (unpaired) electrons. The fourth-order valence-corrected chi connectivity index (χ4v) is 3.94. The number of hydrogen-bond donors (Lipinski definition) is 1. The molecule has 0 atom stereocenters. The van der Waals surface area contributed by atoms with Crippen LogP contribution in [0.4, 0.5) is 5.82 Å². The van der Waals surface area contributed by atoms with Crippen molar-refractivity contribution in [2.24, 2.45) is 0 Å². The van der Waals surface area contributed by atoms with E-state index in [1.165, 1.54) is 42.6 Å². The van der Waals surface area contributed by atoms with Crippen LogP contribution in [-0.4, -0.2) is 5.16 Å². The van der Waals surface area contributed by atoms with Gasteiger partial charge in [-0.25, -0.2) is 0 Å². The van der Waals surface area contributed by atoms with Crippen LogP contribution in [0.2, 0.25) is 0 Å². The molecule has 23 heavy (non-hydrogen) atoms. The van der Waals surface area contributed by atoms with Crippen LogP contribution in [0.25, 0.3) is 11.0 Å². The highest BCUT2D eigenvalue weighted by Crippen LogP contribution is 2.34. The number of nitrogens with zero attached hydrogens (tertiary/aromatic N) is 1. The van der Waals surface area contributed by atoms with E-state index in [-0.39, 0.29) is 0 Å². The van der Waals surface area contributed by atoms with Crippen LogP contribution in [0.1, 0.15) is 43.6 Å². The van der Waals surface area contributed by atoms with Gasteiger partial charge in [0.05, 0.1) is 5.39 Å². The number of fused-ring (bicyclic) bond motifs is 1. The van der Waals surface area contributed by atoms with Crippen molar-refractivity contribution in [3.8, 4) is 0 Å². The first-order valence-electron chi connectivity index (χ1n) is 8.27. The third-order valence-electron chi connectivity index (χ3n) is 4.60. The average Bonchev–Trinajstić information content (AvgIpc) is 3.04. The molecular formula is C19H20N2OS. The van der Waals surface area contributed by atoms with E-state index in [0.717, 1.165) is 22.7 Å². The monoisotopic (exact) mass is 324 g/mol. The van der Waals surface area contributed by atoms with E-state index < -0.39 is 0 Å². The molecule has 1 heterocycles. The Morgan fingerprint density at radius 1 is 0.957 bits per heavy atom. The summed E-state index contributed by atoms with van der Waals surface area (Å²) in [5.41, 5.74) is 2.30. The number of rotatable bonds is 4. The van der Waals surface area contributed by atoms with Crippen LogP contribution in [-0.2, 0) is 0 Å². The first-order chi connectivity index (χ1) is 11.4. The summed E-state index contributed by atoms with van der Waals surface area (Å²) < 4.78 is 8.60. The van der Waals surface area contributed by atoms with Crippen LogP contribution in [0.3, 0.4) is 0 Å². The van der Waals surface area contributed by atoms with Crippen molar-refractivity contribution in [1.82, 2.24) is 5.16 Å². The SMILES string of the molecule is c1ccc2c(NSc3ccc(C4CCCCC4)cc3)noc2c1. The molecule has 1 N–H and O–H groups in total. The van der Waals surface area contributed by atoms with Crippen LogP contribution in [0.5, 0.6) is 0 Å². The molecule has 0 spiro atoms. The van der Waals surface area contributed by atoms with Crippen molar-refractivity contribution in [1.29, 1.82) is 0 Å². The first kappa shape index (κ1) is 14.6. The van der Waals surface area contributed by atoms with Gasteiger partial charge >= 0.3 is 0 Å². The molecule has 0 bridgehead atoms. The Morgan fingerprint density at radius 3 is 2.57 bits per heavy atom. The number of aromatic nitrogens is 1. The summed E-state index contributed by atoms with van der Waals surface area (Å²) in [6, 6.07) is 16.8. The van der Waals surface area contributed by atoms with Gasteiger partial charge in [-0.05, 0) is 60.5 Å². The lowest BCUT2D eigenvalue weighted by Crippen LogP contribution is -2.04. The van der Waals surface area contributed by atoms with Gasteiger partial charge < -0.3 is 9.25 Å². The maximum Gasteiger partial charge on any atom is 0.187 e. The molecule has 3 nitrogen and oxygen atoms in total. The van der Waals surface area contributed by atoms with Gasteiger partial charge in [0, 0.05) is 4.90 Å². The number of hydrogen-bond acceptors (Lipinski definition) is 4. The van der Waals surface area contributed by atoms with Crippen LogP contribution < -0.4 is 4.72 Å². The summed E-state index contributed by atoms with van der Waals surface area (Å²) in [5.74, 6) is 1.54. The predicted octanol–water partition coefficient (Wildman–Crippen LogP) is 5.99. The number of nitrogens with one attached hydrogen (secondary N) is 1. The van der Waals surface area contributed by atoms with Crippen LogP contribution in [0.15, 0.2) is 57.9 Å². The minimum Gasteiger partial charge on any atom is -0.354 e. The normalized spacial score (nSPS) is 15.8. The molecule has 2 aromatic carbocycles. The molecule has 0 unspecified atom stereocenters. The number of anilines is 1. The second kappa shape index (κ2) is 6.67. The quantitative estimate of drug-likeness (QED) is 0.598. The Labute approximate surface area is 140 Å². The summed E-state index contributed by atoms with van der Waals surface area (Å²) in [5, 5.41) is 5.11. The van der Waals surface area contributed by atoms with E-state index in [4.69, 9.17) is 4.52 Å². The lowest BCUT2D eigenvalue weighted by molar-refractivity contribution is 0.443. The lowest BCUT2D eigenvalue weighted by atomic mass is 9.84. The van der Waals surface area contributed by atoms with Gasteiger partial charge in [-0.15, -0.1) is 0 Å². The zero-order chi connectivity index (χ0) is 15.5. The molecule has 0 saturated heterocycles. The average molecular weight is 324 g/mol. The maximum atomic E-state index is 5.31. The van der Waals surface area contributed by atoms with Crippen molar-refractivity contribution in [2.45, 2.75) is 42.9 Å². The van der Waals surface area contributed by atoms with E-state index in [9.17, 15) is 0 Å². The number of para-hydroxylation sites is 1. The molecule has 0 amide bonds. The van der Waals surface area contributed by atoms with E-state index in [1.54, 1.807) is 11.9 Å². The topological polar surface area (TPSA) is 38.1 Å². The first-order valence-corrected chi connectivity index (χ1v) is 9.09. The highest BCUT2D eigenvalue weighted by molar-refractivity contribution is 8.00. The van der Waals surface area contributed by atoms with Gasteiger partial charge in [-0.3, -0.25) is 0 Å². The molecule has 1 aromatic heterocycles. The molecular weight excluding hydrogens is 304 g/mol. The summed E-state index contributed by atoms with van der Waals surface area (Å²) in [6.07, 6.45) is 6.84. The molecule has 3 aromatic rings. The Hall–Kier alpha value is -1.94. The van der Waals surface area contributed by atoms with E-state index in [1.807, 2.05) is 24.3 Å². The Kier molecular flexibility index (Phi) is 4.24. The molecule has 0 aliphatic heterocycles. The van der Waals surface area contributed by atoms with Crippen LogP contribution in [0, 0.1) is 0 Å². The Morgan fingerprint density at radius 2 is 1.74 bits per heavy atom. The Bertz CT molecular complexity index is 775. The molecule has 4 rings (SSSR count). The zero-order valence-electron chi connectivity index (χ0n) is 13.0. The molecule has 1 aliphatic carbocycles. The third kappa shape index (κ3) is 3.22. The van der Waals surface area contributed by atoms with Gasteiger partial charge in [0.1, 0.15) is 0 Å². The van der Waals surface area contributed by atoms with Crippen molar-refractivity contribution >= 4 is 28.7 Å². The third-order valence-corrected chi connectivity index (χ3v) is 5.40. The molecule has 1 aliphatic rings. The highest BCUT2D eigenvalue weighted by atomic mass is 32.2. The van der Waals surface area contributed by atoms with E-state index in [0.29, 0.717) is 0 Å². The summed E-state index contributed by atoms with van der Waals surface area (Å²) in [6.45, 7) is 0. The minimum atomic E-state index is 0.759. The number of benzene rings is 2. The van der Waals surface area contributed by atoms with E-state index in [2.05, 4.69) is 34.1 Å². The Balaban J connectivity index is 1.43. The summed E-state index contributed by atoms with van der Waals surface area (Å²) in [7, 11) is 0. The largest absolute Gasteiger partial charge is 0.354 e. The fourth-order valence-electron chi connectivity index (χ4n) is 3.31. The van der Waals surface area contributed by atoms with Crippen LogP contribution >= 0.6 is 11.9 Å². The standard InChI is InChI=1S/C19H20N2OS/c1-2-6-14(7-3-1)15-10-12-16(13-11-15)23-21-19-17-8-4-5-9-18(17)22-20-19/h4-5,8-14H,1-3,6-7H2,(H,20,21). The van der Waals surface area contributed by atoms with E-state index >= 15 is 0 Å². The second-order valence-corrected chi connectivity index (χ2v) is 7.02. The van der Waals surface area contributed by atoms with Gasteiger partial charge in [-0.2, -0.15) is 0 Å². The van der Waals surface area contributed by atoms with Gasteiger partial charge in [0.25, 0.3) is 0 Å². The smallest absolute Gasteiger partial charge is 0.187 e. The van der Waals surface area contributed by atoms with Crippen molar-refractivity contribution in [3.05, 3.63) is 54.1 Å². The van der Waals surface area contributed by atoms with Gasteiger partial charge in [-0.1, -0.05) is 48.7 Å². The van der Waals surface area contributed by atoms with Gasteiger partial charge in [0.2, 0.25) is 0 Å². The highest BCUT2D eigenvalue weighted by Gasteiger charge is 2.15. The predicted molar refractivity (Wildman–Crippen MR) is 95.8 cm³/mol. The molecule has 118 valence electrons. The van der Waals surface area contributed by atoms with Crippen molar-refractivity contribution in [2.75, 3.05) is 4.72 Å². The van der Waals surface area contributed by atoms with Gasteiger partial charge in [0.15, 0.2) is 11.4 Å². The van der Waals surface area contributed by atoms with Crippen molar-refractivity contribution < 1.29 is 4.52 Å². The summed E-state index contributed by atoms with van der Waals surface area (Å²) in [4.78, 5) is 1.19. The second-order valence-electron chi connectivity index (χ2n) is 6.14. The lowest BCUT2D eigenvalue weighted by Gasteiger charge is -2.22. The minimum absolute atomic E-state index is 0.759. The molecule has 1 saturated carbocycles.